The third kappa shape index (κ3) is 4.33. The molecule has 10 nitrogen and oxygen atoms in total. The standard InChI is InChI=1S/C34H24Cl2N4O6/c35-19-11-15-21(16-12-19)37-31(41)25-27(39(45-29(25)33(37)43)23-7-3-1-4-8-23)28-26-30(46-40(28)24-9-5-2-6-10-24)34(44)38(32(26)42)22-17-13-20(36)14-18-22/h1-18,25-30H/t25-,26+,27-,28-,29+,30+/m0/s1. The van der Waals surface area contributed by atoms with Crippen molar-refractivity contribution in [2.45, 2.75) is 24.3 Å². The fourth-order valence-corrected chi connectivity index (χ4v) is 7.14. The first kappa shape index (κ1) is 28.7. The van der Waals surface area contributed by atoms with Crippen LogP contribution in [0.15, 0.2) is 109 Å². The maximum Gasteiger partial charge on any atom is 0.266 e. The van der Waals surface area contributed by atoms with E-state index >= 15 is 0 Å². The number of imide groups is 2. The molecule has 12 heteroatoms. The summed E-state index contributed by atoms with van der Waals surface area (Å²) in [7, 11) is 0. The Morgan fingerprint density at radius 2 is 0.783 bits per heavy atom. The summed E-state index contributed by atoms with van der Waals surface area (Å²) in [6, 6.07) is 29.0. The molecule has 0 radical (unpaired) electrons. The van der Waals surface area contributed by atoms with Gasteiger partial charge in [0.05, 0.1) is 34.8 Å². The minimum atomic E-state index is -1.19. The highest BCUT2D eigenvalue weighted by atomic mass is 35.5. The number of nitrogens with zero attached hydrogens (tertiary/aromatic N) is 4. The Morgan fingerprint density at radius 1 is 0.435 bits per heavy atom. The van der Waals surface area contributed by atoms with E-state index in [2.05, 4.69) is 0 Å². The first-order valence-corrected chi connectivity index (χ1v) is 15.4. The molecule has 46 heavy (non-hydrogen) atoms. The Labute approximate surface area is 273 Å². The van der Waals surface area contributed by atoms with Crippen LogP contribution in [0.25, 0.3) is 0 Å². The van der Waals surface area contributed by atoms with Gasteiger partial charge in [-0.3, -0.25) is 28.9 Å². The molecule has 4 aromatic carbocycles. The molecule has 4 heterocycles. The van der Waals surface area contributed by atoms with E-state index in [0.29, 0.717) is 32.8 Å². The summed E-state index contributed by atoms with van der Waals surface area (Å²) in [6.07, 6.45) is -2.38. The molecule has 0 spiro atoms. The lowest BCUT2D eigenvalue weighted by atomic mass is 9.82. The molecule has 4 saturated heterocycles. The van der Waals surface area contributed by atoms with Gasteiger partial charge >= 0.3 is 0 Å². The first-order valence-electron chi connectivity index (χ1n) is 14.6. The second-order valence-corrected chi connectivity index (χ2v) is 12.3. The highest BCUT2D eigenvalue weighted by Gasteiger charge is 2.69. The highest BCUT2D eigenvalue weighted by Crippen LogP contribution is 2.49. The smallest absolute Gasteiger partial charge is 0.266 e. The summed E-state index contributed by atoms with van der Waals surface area (Å²) in [4.78, 5) is 71.5. The van der Waals surface area contributed by atoms with E-state index in [9.17, 15) is 19.2 Å². The van der Waals surface area contributed by atoms with E-state index in [1.54, 1.807) is 72.8 Å². The summed E-state index contributed by atoms with van der Waals surface area (Å²) in [6.45, 7) is 0. The maximum atomic E-state index is 14.4. The number of anilines is 4. The molecule has 0 aromatic heterocycles. The van der Waals surface area contributed by atoms with Gasteiger partial charge in [0.1, 0.15) is 11.8 Å². The molecular formula is C34H24Cl2N4O6. The number of amides is 4. The number of hydrogen-bond acceptors (Lipinski definition) is 8. The molecule has 4 aliphatic rings. The van der Waals surface area contributed by atoms with Crippen LogP contribution in [0.3, 0.4) is 0 Å². The molecule has 6 atom stereocenters. The number of rotatable bonds is 5. The number of halogens is 2. The molecule has 0 unspecified atom stereocenters. The van der Waals surface area contributed by atoms with E-state index in [4.69, 9.17) is 32.9 Å². The van der Waals surface area contributed by atoms with Crippen LogP contribution in [-0.4, -0.2) is 47.9 Å². The van der Waals surface area contributed by atoms with E-state index < -0.39 is 59.8 Å². The third-order valence-corrected chi connectivity index (χ3v) is 9.37. The van der Waals surface area contributed by atoms with Crippen LogP contribution in [-0.2, 0) is 28.9 Å². The van der Waals surface area contributed by atoms with E-state index in [-0.39, 0.29) is 0 Å². The fourth-order valence-electron chi connectivity index (χ4n) is 6.89. The van der Waals surface area contributed by atoms with Crippen molar-refractivity contribution >= 4 is 69.6 Å². The second kappa shape index (κ2) is 11.0. The van der Waals surface area contributed by atoms with Gasteiger partial charge in [0.15, 0.2) is 12.2 Å². The monoisotopic (exact) mass is 654 g/mol. The van der Waals surface area contributed by atoms with Gasteiger partial charge in [0.25, 0.3) is 11.8 Å². The average Bonchev–Trinajstić information content (AvgIpc) is 3.78. The maximum absolute atomic E-state index is 14.4. The molecule has 4 amide bonds. The predicted octanol–water partition coefficient (Wildman–Crippen LogP) is 5.05. The van der Waals surface area contributed by atoms with Gasteiger partial charge in [-0.05, 0) is 72.8 Å². The normalized spacial score (nSPS) is 27.2. The molecule has 8 rings (SSSR count). The Morgan fingerprint density at radius 3 is 1.13 bits per heavy atom. The number of fused-ring (bicyclic) bond motifs is 2. The van der Waals surface area contributed by atoms with Crippen molar-refractivity contribution in [1.82, 2.24) is 0 Å². The second-order valence-electron chi connectivity index (χ2n) is 11.4. The lowest BCUT2D eigenvalue weighted by molar-refractivity contribution is -0.128. The first-order chi connectivity index (χ1) is 22.3. The topological polar surface area (TPSA) is 99.7 Å². The number of hydroxylamine groups is 2. The molecule has 230 valence electrons. The summed E-state index contributed by atoms with van der Waals surface area (Å²) >= 11 is 12.2. The van der Waals surface area contributed by atoms with Crippen molar-refractivity contribution in [3.8, 4) is 0 Å². The van der Waals surface area contributed by atoms with Crippen LogP contribution in [0.4, 0.5) is 22.7 Å². The zero-order valence-electron chi connectivity index (χ0n) is 23.9. The molecule has 4 aromatic rings. The van der Waals surface area contributed by atoms with Crippen LogP contribution in [0.2, 0.25) is 10.0 Å². The molecule has 0 N–H and O–H groups in total. The minimum absolute atomic E-state index is 0.351. The van der Waals surface area contributed by atoms with Crippen LogP contribution in [0.1, 0.15) is 0 Å². The van der Waals surface area contributed by atoms with Gasteiger partial charge in [-0.25, -0.2) is 19.9 Å². The van der Waals surface area contributed by atoms with Gasteiger partial charge in [-0.15, -0.1) is 0 Å². The summed E-state index contributed by atoms with van der Waals surface area (Å²) in [5, 5.41) is 3.96. The van der Waals surface area contributed by atoms with Crippen molar-refractivity contribution < 1.29 is 28.9 Å². The van der Waals surface area contributed by atoms with Crippen LogP contribution < -0.4 is 19.9 Å². The molecular weight excluding hydrogens is 631 g/mol. The number of carbonyl (C=O) groups excluding carboxylic acids is 4. The van der Waals surface area contributed by atoms with Gasteiger partial charge in [-0.1, -0.05) is 59.6 Å². The number of hydrogen-bond donors (Lipinski definition) is 0. The molecule has 0 saturated carbocycles. The minimum Gasteiger partial charge on any atom is -0.273 e. The number of carbonyl (C=O) groups is 4. The number of para-hydroxylation sites is 2. The summed E-state index contributed by atoms with van der Waals surface area (Å²) < 4.78 is 0. The fraction of sp³-hybridized carbons (Fsp3) is 0.176. The largest absolute Gasteiger partial charge is 0.273 e. The Hall–Kier alpha value is -4.74. The van der Waals surface area contributed by atoms with Crippen LogP contribution in [0, 0.1) is 11.8 Å². The van der Waals surface area contributed by atoms with E-state index in [1.807, 2.05) is 36.4 Å². The predicted molar refractivity (Wildman–Crippen MR) is 170 cm³/mol. The lowest BCUT2D eigenvalue weighted by Crippen LogP contribution is -2.55. The Kier molecular flexibility index (Phi) is 6.84. The third-order valence-electron chi connectivity index (χ3n) is 8.86. The van der Waals surface area contributed by atoms with E-state index in [1.165, 1.54) is 10.1 Å². The quantitative estimate of drug-likeness (QED) is 0.276. The Bertz CT molecular complexity index is 1720. The van der Waals surface area contributed by atoms with Gasteiger partial charge in [0, 0.05) is 10.0 Å². The molecule has 4 aliphatic heterocycles. The zero-order chi connectivity index (χ0) is 31.7. The van der Waals surface area contributed by atoms with Crippen LogP contribution in [0.5, 0.6) is 0 Å². The average molecular weight is 655 g/mol. The van der Waals surface area contributed by atoms with Crippen molar-refractivity contribution in [3.05, 3.63) is 119 Å². The molecule has 0 aliphatic carbocycles. The zero-order valence-corrected chi connectivity index (χ0v) is 25.4. The van der Waals surface area contributed by atoms with Gasteiger partial charge in [-0.2, -0.15) is 0 Å². The van der Waals surface area contributed by atoms with Gasteiger partial charge < -0.3 is 0 Å². The number of benzene rings is 4. The van der Waals surface area contributed by atoms with Crippen molar-refractivity contribution in [2.75, 3.05) is 19.9 Å². The van der Waals surface area contributed by atoms with Crippen molar-refractivity contribution in [1.29, 1.82) is 0 Å². The SMILES string of the molecule is O=C1[C@@H]2[C@@H]([C@@H]3[C@@H]4C(=O)N(c5ccc(Cl)cc5)C(=O)[C@@H]4ON3c3ccccc3)N(c3ccccc3)O[C@H]2C(=O)N1c1ccc(Cl)cc1. The van der Waals surface area contributed by atoms with Crippen molar-refractivity contribution in [2.24, 2.45) is 11.8 Å². The van der Waals surface area contributed by atoms with Crippen LogP contribution >= 0.6 is 23.2 Å². The summed E-state index contributed by atoms with van der Waals surface area (Å²) in [5.74, 6) is -4.17. The molecule has 4 fully saturated rings. The van der Waals surface area contributed by atoms with Crippen molar-refractivity contribution in [3.63, 3.8) is 0 Å². The molecule has 0 bridgehead atoms. The lowest BCUT2D eigenvalue weighted by Gasteiger charge is -2.37. The Balaban J connectivity index is 1.27. The highest BCUT2D eigenvalue weighted by molar-refractivity contribution is 6.31. The van der Waals surface area contributed by atoms with Gasteiger partial charge in [0.2, 0.25) is 11.8 Å². The van der Waals surface area contributed by atoms with E-state index in [0.717, 1.165) is 9.80 Å². The summed E-state index contributed by atoms with van der Waals surface area (Å²) in [5.41, 5.74) is 1.85.